The Balaban J connectivity index is 1.51. The molecule has 0 aliphatic carbocycles. The summed E-state index contributed by atoms with van der Waals surface area (Å²) in [6, 6.07) is 7.74. The number of para-hydroxylation sites is 1. The van der Waals surface area contributed by atoms with Crippen LogP contribution in [0.1, 0.15) is 55.8 Å². The molecule has 254 valence electrons. The number of carbonyl (C=O) groups excluding carboxylic acids is 2. The molecular weight excluding hydrogens is 631 g/mol. The summed E-state index contributed by atoms with van der Waals surface area (Å²) in [6.07, 6.45) is 31.8. The predicted molar refractivity (Wildman–Crippen MR) is 197 cm³/mol. The van der Waals surface area contributed by atoms with Gasteiger partial charge in [0.15, 0.2) is 5.88 Å². The van der Waals surface area contributed by atoms with Crippen LogP contribution in [0.5, 0.6) is 17.5 Å². The highest BCUT2D eigenvalue weighted by Crippen LogP contribution is 2.35. The van der Waals surface area contributed by atoms with Gasteiger partial charge in [-0.05, 0) is 50.7 Å². The Kier molecular flexibility index (Phi) is 20.9. The molecule has 5 N–H and O–H groups in total. The van der Waals surface area contributed by atoms with E-state index in [9.17, 15) is 24.9 Å². The molecule has 1 aromatic heterocycles. The van der Waals surface area contributed by atoms with Crippen LogP contribution in [-0.2, 0) is 11.3 Å². The van der Waals surface area contributed by atoms with E-state index < -0.39 is 0 Å². The van der Waals surface area contributed by atoms with Crippen LogP contribution in [0.25, 0.3) is 0 Å². The average molecular weight is 680 g/mol. The van der Waals surface area contributed by atoms with Crippen molar-refractivity contribution in [2.45, 2.75) is 56.9 Å². The van der Waals surface area contributed by atoms with Crippen LogP contribution >= 0.6 is 23.5 Å². The van der Waals surface area contributed by atoms with Crippen LogP contribution in [0.2, 0.25) is 0 Å². The van der Waals surface area contributed by atoms with Crippen molar-refractivity contribution in [3.8, 4) is 17.5 Å². The van der Waals surface area contributed by atoms with Crippen LogP contribution in [0.3, 0.4) is 0 Å². The molecule has 8 nitrogen and oxygen atoms in total. The maximum absolute atomic E-state index is 12.2. The summed E-state index contributed by atoms with van der Waals surface area (Å²) in [5.41, 5.74) is 0.193. The van der Waals surface area contributed by atoms with E-state index in [1.165, 1.54) is 46.3 Å². The van der Waals surface area contributed by atoms with Gasteiger partial charge in [0.05, 0.1) is 16.2 Å². The van der Waals surface area contributed by atoms with Gasteiger partial charge >= 0.3 is 0 Å². The summed E-state index contributed by atoms with van der Waals surface area (Å²) in [4.78, 5) is 24.8. The van der Waals surface area contributed by atoms with E-state index in [0.717, 1.165) is 44.3 Å². The second-order valence-corrected chi connectivity index (χ2v) is 12.4. The first-order valence-electron chi connectivity index (χ1n) is 16.0. The van der Waals surface area contributed by atoms with Gasteiger partial charge < -0.3 is 26.0 Å². The molecule has 0 saturated carbocycles. The largest absolute Gasteiger partial charge is 0.507 e. The highest BCUT2D eigenvalue weighted by Gasteiger charge is 2.15. The minimum absolute atomic E-state index is 0.0899. The fourth-order valence-corrected chi connectivity index (χ4v) is 5.61. The summed E-state index contributed by atoms with van der Waals surface area (Å²) < 4.78 is 1.33. The third-order valence-corrected chi connectivity index (χ3v) is 8.42. The molecule has 47 heavy (non-hydrogen) atoms. The van der Waals surface area contributed by atoms with Crippen molar-refractivity contribution < 1.29 is 24.9 Å². The van der Waals surface area contributed by atoms with Crippen LogP contribution in [0, 0.1) is 0 Å². The smallest absolute Gasteiger partial charge is 0.255 e. The Morgan fingerprint density at radius 3 is 1.94 bits per heavy atom. The molecule has 0 radical (unpaired) electrons. The summed E-state index contributed by atoms with van der Waals surface area (Å²) in [5, 5.41) is 36.1. The molecular formula is C37H49N3O5S2. The lowest BCUT2D eigenvalue weighted by Crippen LogP contribution is -2.28. The van der Waals surface area contributed by atoms with Gasteiger partial charge in [-0.15, -0.1) is 23.5 Å². The lowest BCUT2D eigenvalue weighted by atomic mass is 10.2. The van der Waals surface area contributed by atoms with E-state index in [1.54, 1.807) is 12.1 Å². The van der Waals surface area contributed by atoms with Gasteiger partial charge in [-0.1, -0.05) is 92.0 Å². The molecule has 0 saturated heterocycles. The van der Waals surface area contributed by atoms with Gasteiger partial charge in [0.1, 0.15) is 5.75 Å². The minimum atomic E-state index is -0.389. The van der Waals surface area contributed by atoms with Crippen LogP contribution in [0.4, 0.5) is 0 Å². The highest BCUT2D eigenvalue weighted by molar-refractivity contribution is 8.00. The van der Waals surface area contributed by atoms with Crippen molar-refractivity contribution in [1.82, 2.24) is 15.2 Å². The molecule has 0 aliphatic rings. The first kappa shape index (κ1) is 39.2. The molecule has 1 heterocycles. The van der Waals surface area contributed by atoms with Gasteiger partial charge in [0.2, 0.25) is 11.8 Å². The molecule has 0 fully saturated rings. The maximum Gasteiger partial charge on any atom is 0.255 e. The van der Waals surface area contributed by atoms with Gasteiger partial charge in [-0.25, -0.2) is 0 Å². The Hall–Kier alpha value is -4.02. The molecule has 10 heteroatoms. The van der Waals surface area contributed by atoms with Crippen molar-refractivity contribution in [2.75, 3.05) is 30.3 Å². The molecule has 0 bridgehead atoms. The van der Waals surface area contributed by atoms with Gasteiger partial charge in [-0.2, -0.15) is 0 Å². The predicted octanol–water partition coefficient (Wildman–Crippen LogP) is 7.67. The number of phenolic OH excluding ortho intramolecular Hbond substituents is 1. The fraction of sp³-hybridized carbons (Fsp3) is 0.351. The minimum Gasteiger partial charge on any atom is -0.507 e. The van der Waals surface area contributed by atoms with Crippen molar-refractivity contribution in [3.63, 3.8) is 0 Å². The first-order valence-corrected chi connectivity index (χ1v) is 18.1. The standard InChI is InChI=1S/C37H49N3O5S2/c1-2-3-4-5-6-7-8-9-10-11-12-13-14-15-16-17-18-21-27-46-30-34(42)38-24-26-40-35(43)29-33(37(40)45)47-28-25-39-36(44)31-22-19-20-23-32(31)41/h3-4,6-7,9-10,12-13,15-16,18-23,29,41,43,45H,2,5,8,11,14,17,24-28,30H2,1H3,(H,38,42)(H,39,44). The number of nitrogens with zero attached hydrogens (tertiary/aromatic N) is 1. The number of aromatic nitrogens is 1. The van der Waals surface area contributed by atoms with Gasteiger partial charge in [0, 0.05) is 37.2 Å². The summed E-state index contributed by atoms with van der Waals surface area (Å²) in [7, 11) is 0. The second-order valence-electron chi connectivity index (χ2n) is 10.2. The van der Waals surface area contributed by atoms with E-state index >= 15 is 0 Å². The number of carbonyl (C=O) groups is 2. The fourth-order valence-electron chi connectivity index (χ4n) is 4.08. The number of benzene rings is 1. The van der Waals surface area contributed by atoms with Crippen LogP contribution < -0.4 is 10.6 Å². The summed E-state index contributed by atoms with van der Waals surface area (Å²) in [5.74, 6) is 0.717. The number of hydrogen-bond donors (Lipinski definition) is 5. The molecule has 0 unspecified atom stereocenters. The van der Waals surface area contributed by atoms with Crippen molar-refractivity contribution in [1.29, 1.82) is 0 Å². The van der Waals surface area contributed by atoms with Crippen molar-refractivity contribution in [2.24, 2.45) is 0 Å². The van der Waals surface area contributed by atoms with E-state index in [1.807, 2.05) is 0 Å². The highest BCUT2D eigenvalue weighted by atomic mass is 32.2. The zero-order valence-corrected chi connectivity index (χ0v) is 28.9. The SMILES string of the molecule is CCC=CCC=CCC=CCC=CCC=CCC=CCSCC(=O)NCCn1c(O)cc(SCCNC(=O)c2ccccc2O)c1O. The quantitative estimate of drug-likeness (QED) is 0.0464. The second kappa shape index (κ2) is 25.1. The molecule has 0 aliphatic heterocycles. The van der Waals surface area contributed by atoms with E-state index in [2.05, 4.69) is 90.5 Å². The van der Waals surface area contributed by atoms with E-state index in [-0.39, 0.29) is 48.0 Å². The van der Waals surface area contributed by atoms with E-state index in [4.69, 9.17) is 0 Å². The van der Waals surface area contributed by atoms with Crippen LogP contribution in [-0.4, -0.2) is 62.0 Å². The lowest BCUT2D eigenvalue weighted by molar-refractivity contribution is -0.118. The number of thioether (sulfide) groups is 2. The zero-order chi connectivity index (χ0) is 34.0. The Labute approximate surface area is 288 Å². The number of rotatable bonds is 23. The average Bonchev–Trinajstić information content (AvgIpc) is 3.33. The summed E-state index contributed by atoms with van der Waals surface area (Å²) in [6.45, 7) is 2.92. The van der Waals surface area contributed by atoms with Crippen molar-refractivity contribution in [3.05, 3.63) is 109 Å². The Bertz CT molecular complexity index is 1390. The lowest BCUT2D eigenvalue weighted by Gasteiger charge is -2.09. The number of nitrogens with one attached hydrogen (secondary N) is 2. The Morgan fingerprint density at radius 2 is 1.34 bits per heavy atom. The monoisotopic (exact) mass is 679 g/mol. The van der Waals surface area contributed by atoms with Gasteiger partial charge in [0.25, 0.3) is 5.91 Å². The first-order chi connectivity index (χ1) is 22.9. The number of aromatic hydroxyl groups is 3. The van der Waals surface area contributed by atoms with E-state index in [0.29, 0.717) is 22.9 Å². The topological polar surface area (TPSA) is 124 Å². The number of phenols is 1. The number of amides is 2. The molecule has 1 aromatic carbocycles. The maximum atomic E-state index is 12.2. The normalized spacial score (nSPS) is 12.2. The third kappa shape index (κ3) is 17.5. The third-order valence-electron chi connectivity index (χ3n) is 6.51. The van der Waals surface area contributed by atoms with Gasteiger partial charge in [-0.3, -0.25) is 14.2 Å². The number of allylic oxidation sites excluding steroid dienone is 11. The molecule has 2 aromatic rings. The summed E-state index contributed by atoms with van der Waals surface area (Å²) >= 11 is 2.79. The molecule has 0 spiro atoms. The number of hydrogen-bond acceptors (Lipinski definition) is 7. The molecule has 2 amide bonds. The Morgan fingerprint density at radius 1 is 0.766 bits per heavy atom. The molecule has 2 rings (SSSR count). The van der Waals surface area contributed by atoms with Crippen LogP contribution in [0.15, 0.2) is 108 Å². The molecule has 0 atom stereocenters. The zero-order valence-electron chi connectivity index (χ0n) is 27.2. The van der Waals surface area contributed by atoms with Crippen molar-refractivity contribution >= 4 is 35.3 Å².